The van der Waals surface area contributed by atoms with Crippen molar-refractivity contribution in [3.05, 3.63) is 85.3 Å². The van der Waals surface area contributed by atoms with E-state index in [2.05, 4.69) is 5.32 Å². The fourth-order valence-electron chi connectivity index (χ4n) is 3.53. The number of rotatable bonds is 11. The number of benzene rings is 2. The third kappa shape index (κ3) is 7.21. The van der Waals surface area contributed by atoms with Crippen molar-refractivity contribution < 1.29 is 28.7 Å². The van der Waals surface area contributed by atoms with Crippen LogP contribution in [0.25, 0.3) is 6.08 Å². The highest BCUT2D eigenvalue weighted by Crippen LogP contribution is 2.34. The molecule has 0 fully saturated rings. The van der Waals surface area contributed by atoms with Crippen molar-refractivity contribution in [1.82, 2.24) is 0 Å². The lowest BCUT2D eigenvalue weighted by Crippen LogP contribution is -2.16. The number of non-ortho nitro benzene ring substituents is 1. The number of anilines is 1. The number of nitriles is 1. The van der Waals surface area contributed by atoms with Crippen molar-refractivity contribution >= 4 is 40.0 Å². The van der Waals surface area contributed by atoms with Crippen LogP contribution < -0.4 is 14.8 Å². The number of nitrogens with zero attached hydrogens (tertiary/aromatic N) is 2. The molecule has 0 aliphatic rings. The molecule has 1 aromatic heterocycles. The molecule has 0 atom stereocenters. The number of carbonyl (C=O) groups excluding carboxylic acids is 2. The number of hydrogen-bond donors (Lipinski definition) is 1. The van der Waals surface area contributed by atoms with Gasteiger partial charge in [0.05, 0.1) is 23.7 Å². The number of thiophene rings is 1. The van der Waals surface area contributed by atoms with Crippen molar-refractivity contribution in [1.29, 1.82) is 5.26 Å². The van der Waals surface area contributed by atoms with Crippen LogP contribution in [0.15, 0.2) is 48.0 Å². The normalized spacial score (nSPS) is 10.9. The summed E-state index contributed by atoms with van der Waals surface area (Å²) < 4.78 is 16.7. The Labute approximate surface area is 229 Å². The first-order valence-corrected chi connectivity index (χ1v) is 12.8. The first-order valence-electron chi connectivity index (χ1n) is 12.0. The van der Waals surface area contributed by atoms with Crippen LogP contribution in [0.1, 0.15) is 45.8 Å². The van der Waals surface area contributed by atoms with E-state index in [0.29, 0.717) is 34.2 Å². The zero-order valence-corrected chi connectivity index (χ0v) is 22.7. The van der Waals surface area contributed by atoms with Gasteiger partial charge >= 0.3 is 5.97 Å². The Morgan fingerprint density at radius 1 is 1.08 bits per heavy atom. The lowest BCUT2D eigenvalue weighted by molar-refractivity contribution is -0.384. The van der Waals surface area contributed by atoms with Gasteiger partial charge in [0.2, 0.25) is 0 Å². The first-order chi connectivity index (χ1) is 18.7. The van der Waals surface area contributed by atoms with Gasteiger partial charge in [0.25, 0.3) is 11.6 Å². The van der Waals surface area contributed by atoms with Crippen LogP contribution in [0.3, 0.4) is 0 Å². The first kappa shape index (κ1) is 28.9. The minimum absolute atomic E-state index is 0.0105. The van der Waals surface area contributed by atoms with Crippen LogP contribution in [0.5, 0.6) is 11.5 Å². The highest BCUT2D eigenvalue weighted by atomic mass is 32.1. The number of nitro groups is 1. The number of ether oxygens (including phenoxy) is 3. The Bertz CT molecular complexity index is 1450. The van der Waals surface area contributed by atoms with E-state index in [4.69, 9.17) is 14.2 Å². The maximum atomic E-state index is 13.0. The third-order valence-electron chi connectivity index (χ3n) is 5.58. The second-order valence-electron chi connectivity index (χ2n) is 8.18. The molecule has 0 unspecified atom stereocenters. The van der Waals surface area contributed by atoms with Crippen LogP contribution in [0, 0.1) is 35.3 Å². The molecule has 0 saturated carbocycles. The van der Waals surface area contributed by atoms with Crippen LogP contribution in [0.2, 0.25) is 0 Å². The lowest BCUT2D eigenvalue weighted by atomic mass is 10.1. The van der Waals surface area contributed by atoms with Crippen molar-refractivity contribution in [3.8, 4) is 17.6 Å². The predicted octanol–water partition coefficient (Wildman–Crippen LogP) is 5.97. The summed E-state index contributed by atoms with van der Waals surface area (Å²) in [6.07, 6.45) is 1.41. The number of carbonyl (C=O) groups is 2. The molecule has 0 spiro atoms. The summed E-state index contributed by atoms with van der Waals surface area (Å²) in [6.45, 7) is 7.81. The summed E-state index contributed by atoms with van der Waals surface area (Å²) in [7, 11) is 0. The minimum Gasteiger partial charge on any atom is -0.490 e. The molecule has 0 saturated heterocycles. The second kappa shape index (κ2) is 13.2. The smallest absolute Gasteiger partial charge is 0.341 e. The number of nitro benzene ring substituents is 1. The van der Waals surface area contributed by atoms with Crippen molar-refractivity contribution in [3.63, 3.8) is 0 Å². The maximum absolute atomic E-state index is 13.0. The quantitative estimate of drug-likeness (QED) is 0.101. The molecule has 0 aliphatic heterocycles. The molecule has 0 aliphatic carbocycles. The van der Waals surface area contributed by atoms with Gasteiger partial charge in [-0.3, -0.25) is 14.9 Å². The van der Waals surface area contributed by atoms with Crippen molar-refractivity contribution in [2.75, 3.05) is 18.5 Å². The summed E-state index contributed by atoms with van der Waals surface area (Å²) in [5, 5.41) is 23.5. The molecule has 10 nitrogen and oxygen atoms in total. The molecule has 1 N–H and O–H groups in total. The van der Waals surface area contributed by atoms with Crippen LogP contribution in [-0.4, -0.2) is 30.0 Å². The van der Waals surface area contributed by atoms with Crippen molar-refractivity contribution in [2.24, 2.45) is 0 Å². The van der Waals surface area contributed by atoms with E-state index in [0.717, 1.165) is 10.4 Å². The van der Waals surface area contributed by atoms with E-state index < -0.39 is 16.8 Å². The van der Waals surface area contributed by atoms with E-state index in [1.54, 1.807) is 44.2 Å². The van der Waals surface area contributed by atoms with E-state index in [1.807, 2.05) is 19.9 Å². The van der Waals surface area contributed by atoms with Gasteiger partial charge in [0, 0.05) is 17.0 Å². The molecular weight excluding hydrogens is 522 g/mol. The van der Waals surface area contributed by atoms with Gasteiger partial charge in [-0.25, -0.2) is 4.79 Å². The monoisotopic (exact) mass is 549 g/mol. The molecule has 1 heterocycles. The fraction of sp³-hybridized carbons (Fsp3) is 0.250. The molecule has 3 rings (SSSR count). The van der Waals surface area contributed by atoms with Gasteiger partial charge < -0.3 is 19.5 Å². The average molecular weight is 550 g/mol. The topological polar surface area (TPSA) is 141 Å². The van der Waals surface area contributed by atoms with Crippen LogP contribution in [-0.2, 0) is 16.1 Å². The Kier molecular flexibility index (Phi) is 9.78. The van der Waals surface area contributed by atoms with Gasteiger partial charge in [-0.15, -0.1) is 11.3 Å². The Morgan fingerprint density at radius 3 is 2.41 bits per heavy atom. The zero-order chi connectivity index (χ0) is 28.5. The van der Waals surface area contributed by atoms with E-state index in [9.17, 15) is 25.0 Å². The average Bonchev–Trinajstić information content (AvgIpc) is 3.19. The molecular formula is C28H27N3O7S. The predicted molar refractivity (Wildman–Crippen MR) is 147 cm³/mol. The largest absolute Gasteiger partial charge is 0.490 e. The number of aryl methyl sites for hydroxylation is 1. The molecule has 11 heteroatoms. The van der Waals surface area contributed by atoms with Crippen molar-refractivity contribution in [2.45, 2.75) is 34.3 Å². The number of hydrogen-bond acceptors (Lipinski definition) is 9. The van der Waals surface area contributed by atoms with E-state index >= 15 is 0 Å². The van der Waals surface area contributed by atoms with Crippen LogP contribution in [0.4, 0.5) is 10.7 Å². The zero-order valence-electron chi connectivity index (χ0n) is 21.9. The second-order valence-corrected chi connectivity index (χ2v) is 9.41. The number of nitrogens with one attached hydrogen (secondary N) is 1. The summed E-state index contributed by atoms with van der Waals surface area (Å²) in [4.78, 5) is 36.6. The summed E-state index contributed by atoms with van der Waals surface area (Å²) in [5.74, 6) is -0.373. The summed E-state index contributed by atoms with van der Waals surface area (Å²) in [5.41, 5.74) is 2.06. The molecule has 3 aromatic rings. The molecule has 39 heavy (non-hydrogen) atoms. The third-order valence-corrected chi connectivity index (χ3v) is 6.70. The molecule has 0 bridgehead atoms. The molecule has 1 amide bonds. The lowest BCUT2D eigenvalue weighted by Gasteiger charge is -2.13. The SMILES string of the molecule is CCOC(=O)c1c(NC(=O)C(C#N)=Cc2ccc(OCc3ccc([N+](=O)[O-])cc3)c(OCC)c2)sc(C)c1C. The highest BCUT2D eigenvalue weighted by Gasteiger charge is 2.23. The number of amides is 1. The van der Waals surface area contributed by atoms with Gasteiger partial charge in [0.15, 0.2) is 11.5 Å². The van der Waals surface area contributed by atoms with E-state index in [1.165, 1.54) is 29.5 Å². The highest BCUT2D eigenvalue weighted by molar-refractivity contribution is 7.16. The standard InChI is InChI=1S/C28H27N3O7S/c1-5-36-24-14-20(9-12-23(24)38-16-19-7-10-22(11-8-19)31(34)35)13-21(15-29)26(32)30-27-25(28(33)37-6-2)17(3)18(4)39-27/h7-14H,5-6,16H2,1-4H3,(H,30,32). The maximum Gasteiger partial charge on any atom is 0.341 e. The summed E-state index contributed by atoms with van der Waals surface area (Å²) >= 11 is 1.24. The van der Waals surface area contributed by atoms with Gasteiger partial charge in [-0.1, -0.05) is 6.07 Å². The Balaban J connectivity index is 1.81. The van der Waals surface area contributed by atoms with Gasteiger partial charge in [0.1, 0.15) is 23.3 Å². The van der Waals surface area contributed by atoms with Gasteiger partial charge in [-0.05, 0) is 74.7 Å². The Hall–Kier alpha value is -4.69. The van der Waals surface area contributed by atoms with E-state index in [-0.39, 0.29) is 30.0 Å². The molecule has 202 valence electrons. The van der Waals surface area contributed by atoms with Gasteiger partial charge in [-0.2, -0.15) is 5.26 Å². The molecule has 2 aromatic carbocycles. The molecule has 0 radical (unpaired) electrons. The van der Waals surface area contributed by atoms with Crippen LogP contribution >= 0.6 is 11.3 Å². The Morgan fingerprint density at radius 2 is 1.79 bits per heavy atom. The number of esters is 1. The fourth-order valence-corrected chi connectivity index (χ4v) is 4.57. The minimum atomic E-state index is -0.666. The summed E-state index contributed by atoms with van der Waals surface area (Å²) in [6, 6.07) is 12.9.